The Morgan fingerprint density at radius 3 is 2.22 bits per heavy atom. The van der Waals surface area contributed by atoms with E-state index in [-0.39, 0.29) is 5.91 Å². The molecule has 0 atom stereocenters. The van der Waals surface area contributed by atoms with Gasteiger partial charge in [0.1, 0.15) is 0 Å². The summed E-state index contributed by atoms with van der Waals surface area (Å²) >= 11 is 0. The van der Waals surface area contributed by atoms with Crippen molar-refractivity contribution in [2.24, 2.45) is 5.73 Å². The first-order valence-corrected chi connectivity index (χ1v) is 6.87. The molecule has 1 aromatic rings. The molecule has 1 aromatic carbocycles. The van der Waals surface area contributed by atoms with Gasteiger partial charge < -0.3 is 10.6 Å². The lowest BCUT2D eigenvalue weighted by molar-refractivity contribution is 0.100. The van der Waals surface area contributed by atoms with Crippen LogP contribution in [0, 0.1) is 0 Å². The van der Waals surface area contributed by atoms with E-state index in [0.29, 0.717) is 5.56 Å². The number of nitrogens with zero attached hydrogens (tertiary/aromatic N) is 1. The van der Waals surface area contributed by atoms with Crippen molar-refractivity contribution >= 4 is 5.91 Å². The van der Waals surface area contributed by atoms with Crippen LogP contribution in [-0.4, -0.2) is 30.4 Å². The Morgan fingerprint density at radius 1 is 1.06 bits per heavy atom. The van der Waals surface area contributed by atoms with Gasteiger partial charge in [-0.15, -0.1) is 0 Å². The molecule has 1 aliphatic heterocycles. The monoisotopic (exact) mass is 246 g/mol. The zero-order chi connectivity index (χ0) is 12.8. The molecule has 0 aliphatic carbocycles. The molecule has 2 N–H and O–H groups in total. The quantitative estimate of drug-likeness (QED) is 0.885. The highest BCUT2D eigenvalue weighted by Gasteiger charge is 2.08. The highest BCUT2D eigenvalue weighted by atomic mass is 16.1. The number of benzene rings is 1. The molecule has 1 fully saturated rings. The van der Waals surface area contributed by atoms with Crippen molar-refractivity contribution in [1.82, 2.24) is 4.90 Å². The molecule has 3 nitrogen and oxygen atoms in total. The van der Waals surface area contributed by atoms with Crippen LogP contribution in [0.2, 0.25) is 0 Å². The zero-order valence-corrected chi connectivity index (χ0v) is 10.9. The average molecular weight is 246 g/mol. The van der Waals surface area contributed by atoms with Crippen molar-refractivity contribution < 1.29 is 4.79 Å². The van der Waals surface area contributed by atoms with E-state index in [1.807, 2.05) is 24.3 Å². The molecule has 1 aliphatic rings. The minimum absolute atomic E-state index is 0.353. The molecule has 0 unspecified atom stereocenters. The Balaban J connectivity index is 1.83. The normalized spacial score (nSPS) is 17.3. The van der Waals surface area contributed by atoms with Gasteiger partial charge in [0, 0.05) is 12.1 Å². The molecule has 0 bridgehead atoms. The Bertz CT molecular complexity index is 378. The van der Waals surface area contributed by atoms with Crippen LogP contribution >= 0.6 is 0 Å². The second kappa shape index (κ2) is 6.55. The number of carbonyl (C=O) groups is 1. The predicted octanol–water partition coefficient (Wildman–Crippen LogP) is 2.20. The van der Waals surface area contributed by atoms with Gasteiger partial charge in [0.15, 0.2) is 0 Å². The van der Waals surface area contributed by atoms with Crippen molar-refractivity contribution in [2.45, 2.75) is 32.1 Å². The highest BCUT2D eigenvalue weighted by Crippen LogP contribution is 2.11. The average Bonchev–Trinajstić information content (AvgIpc) is 2.65. The second-order valence-electron chi connectivity index (χ2n) is 5.07. The third-order valence-electron chi connectivity index (χ3n) is 3.65. The standard InChI is InChI=1S/C15H22N2O/c16-15(18)14-7-5-13(6-8-14)9-12-17-10-3-1-2-4-11-17/h5-8H,1-4,9-12H2,(H2,16,18). The van der Waals surface area contributed by atoms with Crippen LogP contribution in [0.1, 0.15) is 41.6 Å². The number of rotatable bonds is 4. The molecule has 1 saturated heterocycles. The Hall–Kier alpha value is -1.35. The first-order valence-electron chi connectivity index (χ1n) is 6.87. The minimum Gasteiger partial charge on any atom is -0.366 e. The van der Waals surface area contributed by atoms with Gasteiger partial charge in [0.2, 0.25) is 5.91 Å². The number of hydrogen-bond donors (Lipinski definition) is 1. The van der Waals surface area contributed by atoms with Crippen molar-refractivity contribution in [3.8, 4) is 0 Å². The molecule has 0 aromatic heterocycles. The zero-order valence-electron chi connectivity index (χ0n) is 10.9. The number of primary amides is 1. The van der Waals surface area contributed by atoms with Crippen LogP contribution in [0.5, 0.6) is 0 Å². The first-order chi connectivity index (χ1) is 8.75. The van der Waals surface area contributed by atoms with Gasteiger partial charge in [-0.05, 0) is 50.0 Å². The molecule has 0 saturated carbocycles. The van der Waals surface area contributed by atoms with Gasteiger partial charge in [-0.25, -0.2) is 0 Å². The molecular formula is C15H22N2O. The van der Waals surface area contributed by atoms with Gasteiger partial charge >= 0.3 is 0 Å². The number of hydrogen-bond acceptors (Lipinski definition) is 2. The summed E-state index contributed by atoms with van der Waals surface area (Å²) in [4.78, 5) is 13.5. The van der Waals surface area contributed by atoms with Gasteiger partial charge in [0.25, 0.3) is 0 Å². The molecule has 0 spiro atoms. The van der Waals surface area contributed by atoms with E-state index in [0.717, 1.165) is 13.0 Å². The summed E-state index contributed by atoms with van der Waals surface area (Å²) in [5, 5.41) is 0. The summed E-state index contributed by atoms with van der Waals surface area (Å²) in [5.41, 5.74) is 7.10. The van der Waals surface area contributed by atoms with Crippen molar-refractivity contribution in [1.29, 1.82) is 0 Å². The smallest absolute Gasteiger partial charge is 0.248 e. The summed E-state index contributed by atoms with van der Waals surface area (Å²) < 4.78 is 0. The van der Waals surface area contributed by atoms with Gasteiger partial charge in [-0.3, -0.25) is 4.79 Å². The lowest BCUT2D eigenvalue weighted by Gasteiger charge is -2.19. The first kappa shape index (κ1) is 13.1. The Morgan fingerprint density at radius 2 is 1.67 bits per heavy atom. The molecule has 0 radical (unpaired) electrons. The summed E-state index contributed by atoms with van der Waals surface area (Å²) in [7, 11) is 0. The fraction of sp³-hybridized carbons (Fsp3) is 0.533. The predicted molar refractivity (Wildman–Crippen MR) is 73.6 cm³/mol. The molecular weight excluding hydrogens is 224 g/mol. The third-order valence-corrected chi connectivity index (χ3v) is 3.65. The molecule has 1 amide bonds. The Kier molecular flexibility index (Phi) is 4.76. The van der Waals surface area contributed by atoms with Gasteiger partial charge in [-0.1, -0.05) is 25.0 Å². The van der Waals surface area contributed by atoms with E-state index in [9.17, 15) is 4.79 Å². The van der Waals surface area contributed by atoms with Crippen molar-refractivity contribution in [3.63, 3.8) is 0 Å². The van der Waals surface area contributed by atoms with Gasteiger partial charge in [-0.2, -0.15) is 0 Å². The lowest BCUT2D eigenvalue weighted by atomic mass is 10.1. The van der Waals surface area contributed by atoms with E-state index in [2.05, 4.69) is 4.90 Å². The van der Waals surface area contributed by atoms with Crippen molar-refractivity contribution in [3.05, 3.63) is 35.4 Å². The molecule has 98 valence electrons. The van der Waals surface area contributed by atoms with E-state index in [1.165, 1.54) is 44.3 Å². The van der Waals surface area contributed by atoms with E-state index in [4.69, 9.17) is 5.73 Å². The fourth-order valence-electron chi connectivity index (χ4n) is 2.48. The number of likely N-dealkylation sites (tertiary alicyclic amines) is 1. The van der Waals surface area contributed by atoms with Gasteiger partial charge in [0.05, 0.1) is 0 Å². The highest BCUT2D eigenvalue weighted by molar-refractivity contribution is 5.92. The minimum atomic E-state index is -0.353. The van der Waals surface area contributed by atoms with Crippen LogP contribution in [0.25, 0.3) is 0 Å². The lowest BCUT2D eigenvalue weighted by Crippen LogP contribution is -2.26. The summed E-state index contributed by atoms with van der Waals surface area (Å²) in [6.45, 7) is 3.59. The second-order valence-corrected chi connectivity index (χ2v) is 5.07. The number of amides is 1. The number of carbonyl (C=O) groups excluding carboxylic acids is 1. The fourth-order valence-corrected chi connectivity index (χ4v) is 2.48. The Labute approximate surface area is 109 Å². The van der Waals surface area contributed by atoms with E-state index < -0.39 is 0 Å². The molecule has 2 rings (SSSR count). The van der Waals surface area contributed by atoms with Crippen LogP contribution in [-0.2, 0) is 6.42 Å². The van der Waals surface area contributed by atoms with Crippen LogP contribution in [0.4, 0.5) is 0 Å². The van der Waals surface area contributed by atoms with Crippen molar-refractivity contribution in [2.75, 3.05) is 19.6 Å². The van der Waals surface area contributed by atoms with Crippen LogP contribution in [0.3, 0.4) is 0 Å². The summed E-state index contributed by atoms with van der Waals surface area (Å²) in [6, 6.07) is 7.66. The maximum atomic E-state index is 11.0. The maximum Gasteiger partial charge on any atom is 0.248 e. The number of nitrogens with two attached hydrogens (primary N) is 1. The van der Waals surface area contributed by atoms with Crippen LogP contribution in [0.15, 0.2) is 24.3 Å². The van der Waals surface area contributed by atoms with E-state index >= 15 is 0 Å². The largest absolute Gasteiger partial charge is 0.366 e. The third kappa shape index (κ3) is 3.84. The molecule has 1 heterocycles. The summed E-state index contributed by atoms with van der Waals surface area (Å²) in [6.07, 6.45) is 6.48. The van der Waals surface area contributed by atoms with Crippen LogP contribution < -0.4 is 5.73 Å². The van der Waals surface area contributed by atoms with E-state index in [1.54, 1.807) is 0 Å². The molecule has 18 heavy (non-hydrogen) atoms. The summed E-state index contributed by atoms with van der Waals surface area (Å²) in [5.74, 6) is -0.353. The topological polar surface area (TPSA) is 46.3 Å². The SMILES string of the molecule is NC(=O)c1ccc(CCN2CCCCCC2)cc1. The maximum absolute atomic E-state index is 11.0. The molecule has 3 heteroatoms.